The van der Waals surface area contributed by atoms with Crippen LogP contribution in [-0.4, -0.2) is 15.6 Å². The lowest BCUT2D eigenvalue weighted by Crippen LogP contribution is -2.19. The smallest absolute Gasteiger partial charge is 0.323 e. The average molecular weight is 401 g/mol. The van der Waals surface area contributed by atoms with E-state index in [0.29, 0.717) is 21.4 Å². The minimum Gasteiger partial charge on any atom is -0.334 e. The van der Waals surface area contributed by atoms with E-state index in [2.05, 4.69) is 21.4 Å². The summed E-state index contributed by atoms with van der Waals surface area (Å²) in [4.78, 5) is 17.2. The zero-order valence-corrected chi connectivity index (χ0v) is 16.0. The fraction of sp³-hybridized carbons (Fsp3) is 0.200. The van der Waals surface area contributed by atoms with Gasteiger partial charge in [0.2, 0.25) is 0 Å². The van der Waals surface area contributed by atoms with Gasteiger partial charge < -0.3 is 15.2 Å². The third-order valence-corrected chi connectivity index (χ3v) is 5.28. The van der Waals surface area contributed by atoms with Crippen LogP contribution < -0.4 is 10.6 Å². The van der Waals surface area contributed by atoms with E-state index in [1.807, 2.05) is 24.3 Å². The molecular formula is C20H18Cl2N4O. The Kier molecular flexibility index (Phi) is 5.05. The van der Waals surface area contributed by atoms with Crippen molar-refractivity contribution in [1.82, 2.24) is 9.55 Å². The summed E-state index contributed by atoms with van der Waals surface area (Å²) < 4.78 is 2.20. The van der Waals surface area contributed by atoms with Crippen LogP contribution in [-0.2, 0) is 13.0 Å². The zero-order valence-electron chi connectivity index (χ0n) is 14.5. The zero-order chi connectivity index (χ0) is 18.8. The van der Waals surface area contributed by atoms with Crippen molar-refractivity contribution in [3.8, 4) is 11.3 Å². The molecule has 2 N–H and O–H groups in total. The van der Waals surface area contributed by atoms with Gasteiger partial charge in [0.05, 0.1) is 21.4 Å². The molecule has 2 aromatic carbocycles. The van der Waals surface area contributed by atoms with Crippen LogP contribution in [0.3, 0.4) is 0 Å². The van der Waals surface area contributed by atoms with Gasteiger partial charge in [0.15, 0.2) is 0 Å². The summed E-state index contributed by atoms with van der Waals surface area (Å²) in [6.07, 6.45) is 5.40. The van der Waals surface area contributed by atoms with E-state index in [9.17, 15) is 4.79 Å². The van der Waals surface area contributed by atoms with Gasteiger partial charge >= 0.3 is 6.03 Å². The van der Waals surface area contributed by atoms with Gasteiger partial charge in [0.1, 0.15) is 5.82 Å². The third kappa shape index (κ3) is 3.94. The number of amides is 2. The number of imidazole rings is 1. The molecule has 0 radical (unpaired) electrons. The Bertz CT molecular complexity index is 976. The molecule has 138 valence electrons. The molecule has 0 fully saturated rings. The standard InChI is InChI=1S/C20H18Cl2N4O/c21-15-9-8-13(11-16(15)22)23-20(27)25-17-6-2-1-5-14(17)18-12-26-10-4-3-7-19(26)24-18/h1-2,5-6,8-9,11-12H,3-4,7,10H2,(H2,23,25,27). The van der Waals surface area contributed by atoms with Crippen LogP contribution in [0.2, 0.25) is 10.0 Å². The number of benzene rings is 2. The van der Waals surface area contributed by atoms with Gasteiger partial charge in [0, 0.05) is 30.4 Å². The fourth-order valence-electron chi connectivity index (χ4n) is 3.22. The van der Waals surface area contributed by atoms with Crippen LogP contribution in [0.5, 0.6) is 0 Å². The van der Waals surface area contributed by atoms with Gasteiger partial charge in [-0.2, -0.15) is 0 Å². The van der Waals surface area contributed by atoms with E-state index < -0.39 is 0 Å². The third-order valence-electron chi connectivity index (χ3n) is 4.54. The molecule has 0 saturated carbocycles. The summed E-state index contributed by atoms with van der Waals surface area (Å²) in [7, 11) is 0. The second-order valence-corrected chi connectivity index (χ2v) is 7.26. The Balaban J connectivity index is 1.55. The topological polar surface area (TPSA) is 59.0 Å². The summed E-state index contributed by atoms with van der Waals surface area (Å²) in [5, 5.41) is 6.49. The highest BCUT2D eigenvalue weighted by Gasteiger charge is 2.16. The first-order valence-electron chi connectivity index (χ1n) is 8.78. The first kappa shape index (κ1) is 17.9. The largest absolute Gasteiger partial charge is 0.334 e. The number of nitrogens with zero attached hydrogens (tertiary/aromatic N) is 2. The average Bonchev–Trinajstić information content (AvgIpc) is 3.09. The Labute approximate surface area is 167 Å². The molecule has 1 aliphatic rings. The molecule has 1 aromatic heterocycles. The lowest BCUT2D eigenvalue weighted by atomic mass is 10.1. The van der Waals surface area contributed by atoms with E-state index in [4.69, 9.17) is 28.2 Å². The first-order chi connectivity index (χ1) is 13.1. The number of fused-ring (bicyclic) bond motifs is 1. The van der Waals surface area contributed by atoms with E-state index in [0.717, 1.165) is 30.0 Å². The quantitative estimate of drug-likeness (QED) is 0.580. The van der Waals surface area contributed by atoms with Crippen LogP contribution >= 0.6 is 23.2 Å². The van der Waals surface area contributed by atoms with Gasteiger partial charge in [-0.05, 0) is 37.1 Å². The fourth-order valence-corrected chi connectivity index (χ4v) is 3.51. The van der Waals surface area contributed by atoms with Crippen LogP contribution in [0.1, 0.15) is 18.7 Å². The molecule has 2 heterocycles. The number of aromatic nitrogens is 2. The number of hydrogen-bond acceptors (Lipinski definition) is 2. The molecule has 0 spiro atoms. The molecule has 0 aliphatic carbocycles. The highest BCUT2D eigenvalue weighted by atomic mass is 35.5. The molecule has 1 aliphatic heterocycles. The van der Waals surface area contributed by atoms with Crippen molar-refractivity contribution in [3.63, 3.8) is 0 Å². The molecule has 0 saturated heterocycles. The molecule has 5 nitrogen and oxygen atoms in total. The number of carbonyl (C=O) groups excluding carboxylic acids is 1. The molecule has 0 atom stereocenters. The van der Waals surface area contributed by atoms with Gasteiger partial charge in [-0.25, -0.2) is 9.78 Å². The molecule has 3 aromatic rings. The van der Waals surface area contributed by atoms with Gasteiger partial charge in [-0.15, -0.1) is 0 Å². The normalized spacial score (nSPS) is 13.1. The first-order valence-corrected chi connectivity index (χ1v) is 9.54. The number of carbonyl (C=O) groups is 1. The number of hydrogen-bond donors (Lipinski definition) is 2. The van der Waals surface area contributed by atoms with Crippen molar-refractivity contribution in [2.24, 2.45) is 0 Å². The molecule has 27 heavy (non-hydrogen) atoms. The number of anilines is 2. The molecule has 4 rings (SSSR count). The van der Waals surface area contributed by atoms with Crippen molar-refractivity contribution in [2.45, 2.75) is 25.8 Å². The van der Waals surface area contributed by atoms with E-state index in [-0.39, 0.29) is 6.03 Å². The molecule has 0 unspecified atom stereocenters. The Morgan fingerprint density at radius 1 is 1.04 bits per heavy atom. The summed E-state index contributed by atoms with van der Waals surface area (Å²) in [6, 6.07) is 12.2. The maximum atomic E-state index is 12.4. The number of para-hydroxylation sites is 1. The predicted octanol–water partition coefficient (Wildman–Crippen LogP) is 5.84. The van der Waals surface area contributed by atoms with Crippen molar-refractivity contribution in [2.75, 3.05) is 10.6 Å². The van der Waals surface area contributed by atoms with Crippen LogP contribution in [0.4, 0.5) is 16.2 Å². The van der Waals surface area contributed by atoms with Crippen molar-refractivity contribution in [1.29, 1.82) is 0 Å². The Morgan fingerprint density at radius 3 is 2.70 bits per heavy atom. The number of aryl methyl sites for hydroxylation is 2. The second kappa shape index (κ2) is 7.62. The minimum absolute atomic E-state index is 0.357. The monoisotopic (exact) mass is 400 g/mol. The molecule has 2 amide bonds. The lowest BCUT2D eigenvalue weighted by Gasteiger charge is -2.11. The molecule has 0 bridgehead atoms. The van der Waals surface area contributed by atoms with Gasteiger partial charge in [0.25, 0.3) is 0 Å². The summed E-state index contributed by atoms with van der Waals surface area (Å²) in [5.74, 6) is 1.10. The van der Waals surface area contributed by atoms with Crippen molar-refractivity contribution < 1.29 is 4.79 Å². The van der Waals surface area contributed by atoms with E-state index >= 15 is 0 Å². The Hall–Kier alpha value is -2.50. The Morgan fingerprint density at radius 2 is 1.89 bits per heavy atom. The maximum absolute atomic E-state index is 12.4. The number of halogens is 2. The number of rotatable bonds is 3. The lowest BCUT2D eigenvalue weighted by molar-refractivity contribution is 0.262. The summed E-state index contributed by atoms with van der Waals surface area (Å²) in [6.45, 7) is 0.996. The number of nitrogens with one attached hydrogen (secondary N) is 2. The van der Waals surface area contributed by atoms with Crippen LogP contribution in [0.25, 0.3) is 11.3 Å². The van der Waals surface area contributed by atoms with Crippen molar-refractivity contribution >= 4 is 40.6 Å². The molecular weight excluding hydrogens is 383 g/mol. The van der Waals surface area contributed by atoms with Gasteiger partial charge in [-0.3, -0.25) is 0 Å². The molecule has 7 heteroatoms. The van der Waals surface area contributed by atoms with E-state index in [1.165, 1.54) is 12.8 Å². The van der Waals surface area contributed by atoms with Gasteiger partial charge in [-0.1, -0.05) is 41.4 Å². The summed E-state index contributed by atoms with van der Waals surface area (Å²) >= 11 is 11.9. The van der Waals surface area contributed by atoms with Crippen molar-refractivity contribution in [3.05, 3.63) is 64.5 Å². The maximum Gasteiger partial charge on any atom is 0.323 e. The highest BCUT2D eigenvalue weighted by Crippen LogP contribution is 2.29. The van der Waals surface area contributed by atoms with Crippen LogP contribution in [0.15, 0.2) is 48.7 Å². The van der Waals surface area contributed by atoms with E-state index in [1.54, 1.807) is 18.2 Å². The number of urea groups is 1. The minimum atomic E-state index is -0.357. The SMILES string of the molecule is O=C(Nc1ccc(Cl)c(Cl)c1)Nc1ccccc1-c1cn2c(n1)CCCC2. The second-order valence-electron chi connectivity index (χ2n) is 6.45. The summed E-state index contributed by atoms with van der Waals surface area (Å²) in [5.41, 5.74) is 3.03. The highest BCUT2D eigenvalue weighted by molar-refractivity contribution is 6.42. The van der Waals surface area contributed by atoms with Crippen LogP contribution in [0, 0.1) is 0 Å². The predicted molar refractivity (Wildman–Crippen MR) is 110 cm³/mol.